The molecule has 0 amide bonds. The van der Waals surface area contributed by atoms with Gasteiger partial charge in [0.1, 0.15) is 0 Å². The molecule has 46 heavy (non-hydrogen) atoms. The monoisotopic (exact) mass is 605 g/mol. The SMILES string of the molecule is CC1(C)OB(c2ccc(C3(c4ccc(-c5nc(-c6ccccc6)nc(-c6ccccc6)n5)cc4)CC4CCC3C4)cc2)OC1(C)C. The predicted octanol–water partition coefficient (Wildman–Crippen LogP) is 8.28. The zero-order valence-electron chi connectivity index (χ0n) is 27.1. The molecule has 0 N–H and O–H groups in total. The Morgan fingerprint density at radius 1 is 0.565 bits per heavy atom. The Balaban J connectivity index is 1.15. The van der Waals surface area contributed by atoms with Crippen LogP contribution in [0.1, 0.15) is 64.5 Å². The number of hydrogen-bond donors (Lipinski definition) is 0. The highest BCUT2D eigenvalue weighted by molar-refractivity contribution is 6.62. The predicted molar refractivity (Wildman–Crippen MR) is 185 cm³/mol. The van der Waals surface area contributed by atoms with Crippen LogP contribution in [-0.2, 0) is 14.7 Å². The van der Waals surface area contributed by atoms with Crippen LogP contribution < -0.4 is 5.46 Å². The molecule has 8 rings (SSSR count). The van der Waals surface area contributed by atoms with E-state index in [1.807, 2.05) is 60.7 Å². The summed E-state index contributed by atoms with van der Waals surface area (Å²) in [5.74, 6) is 3.46. The average Bonchev–Trinajstić information content (AvgIpc) is 3.77. The molecule has 5 nitrogen and oxygen atoms in total. The van der Waals surface area contributed by atoms with Crippen molar-refractivity contribution in [3.8, 4) is 34.2 Å². The van der Waals surface area contributed by atoms with E-state index >= 15 is 0 Å². The quantitative estimate of drug-likeness (QED) is 0.182. The normalized spacial score (nSPS) is 24.4. The first-order chi connectivity index (χ1) is 22.2. The summed E-state index contributed by atoms with van der Waals surface area (Å²) < 4.78 is 12.7. The third-order valence-electron chi connectivity index (χ3n) is 11.2. The molecule has 5 aromatic rings. The van der Waals surface area contributed by atoms with Crippen molar-refractivity contribution in [1.29, 1.82) is 0 Å². The van der Waals surface area contributed by atoms with Crippen molar-refractivity contribution in [3.05, 3.63) is 120 Å². The Hall–Kier alpha value is -4.13. The maximum Gasteiger partial charge on any atom is 0.494 e. The van der Waals surface area contributed by atoms with E-state index in [-0.39, 0.29) is 23.7 Å². The van der Waals surface area contributed by atoms with Crippen LogP contribution in [0.25, 0.3) is 34.2 Å². The Kier molecular flexibility index (Phi) is 7.00. The maximum atomic E-state index is 6.36. The van der Waals surface area contributed by atoms with Gasteiger partial charge in [0.05, 0.1) is 11.2 Å². The van der Waals surface area contributed by atoms with Crippen LogP contribution in [-0.4, -0.2) is 33.3 Å². The highest BCUT2D eigenvalue weighted by Gasteiger charge is 2.54. The summed E-state index contributed by atoms with van der Waals surface area (Å²) in [5.41, 5.74) is 6.09. The van der Waals surface area contributed by atoms with Gasteiger partial charge < -0.3 is 9.31 Å². The van der Waals surface area contributed by atoms with Crippen molar-refractivity contribution in [1.82, 2.24) is 15.0 Å². The van der Waals surface area contributed by atoms with Crippen LogP contribution in [0.3, 0.4) is 0 Å². The third-order valence-corrected chi connectivity index (χ3v) is 11.2. The molecule has 230 valence electrons. The van der Waals surface area contributed by atoms with Crippen LogP contribution in [0.2, 0.25) is 0 Å². The van der Waals surface area contributed by atoms with Crippen LogP contribution in [0.5, 0.6) is 0 Å². The van der Waals surface area contributed by atoms with Crippen LogP contribution in [0.15, 0.2) is 109 Å². The molecule has 1 aliphatic heterocycles. The standard InChI is InChI=1S/C40H40BN3O2/c1-38(2)39(3,4)46-41(45-38)34-23-21-32(22-24-34)40(26-27-15-18-33(40)25-27)31-19-16-30(17-20-31)37-43-35(28-11-7-5-8-12-28)42-36(44-37)29-13-9-6-10-14-29/h5-14,16-17,19-24,27,33H,15,18,25-26H2,1-4H3. The molecule has 3 atom stereocenters. The van der Waals surface area contributed by atoms with Crippen molar-refractivity contribution < 1.29 is 9.31 Å². The smallest absolute Gasteiger partial charge is 0.399 e. The van der Waals surface area contributed by atoms with Crippen molar-refractivity contribution in [2.24, 2.45) is 11.8 Å². The molecule has 6 heteroatoms. The second kappa shape index (κ2) is 11.0. The van der Waals surface area contributed by atoms with E-state index < -0.39 is 0 Å². The lowest BCUT2D eigenvalue weighted by molar-refractivity contribution is 0.00578. The van der Waals surface area contributed by atoms with Gasteiger partial charge in [-0.3, -0.25) is 0 Å². The zero-order valence-corrected chi connectivity index (χ0v) is 27.1. The number of aromatic nitrogens is 3. The lowest BCUT2D eigenvalue weighted by Gasteiger charge is -2.39. The van der Waals surface area contributed by atoms with Crippen LogP contribution >= 0.6 is 0 Å². The van der Waals surface area contributed by atoms with Crippen LogP contribution in [0, 0.1) is 11.8 Å². The summed E-state index contributed by atoms with van der Waals surface area (Å²) in [6.45, 7) is 8.43. The number of nitrogens with zero attached hydrogens (tertiary/aromatic N) is 3. The van der Waals surface area contributed by atoms with Gasteiger partial charge in [-0.05, 0) is 75.4 Å². The first kappa shape index (κ1) is 29.3. The minimum absolute atomic E-state index is 0.000588. The fourth-order valence-electron chi connectivity index (χ4n) is 7.97. The molecule has 2 bridgehead atoms. The fourth-order valence-corrected chi connectivity index (χ4v) is 7.97. The van der Waals surface area contributed by atoms with E-state index in [1.165, 1.54) is 36.8 Å². The summed E-state index contributed by atoms with van der Waals surface area (Å²) in [6.07, 6.45) is 5.11. The molecule has 2 saturated carbocycles. The number of benzene rings is 4. The molecule has 2 aliphatic carbocycles. The van der Waals surface area contributed by atoms with E-state index in [0.29, 0.717) is 23.4 Å². The van der Waals surface area contributed by atoms with Gasteiger partial charge in [-0.25, -0.2) is 15.0 Å². The number of rotatable bonds is 6. The molecule has 0 spiro atoms. The van der Waals surface area contributed by atoms with Gasteiger partial charge in [0.15, 0.2) is 17.5 Å². The van der Waals surface area contributed by atoms with Gasteiger partial charge >= 0.3 is 7.12 Å². The first-order valence-electron chi connectivity index (χ1n) is 16.7. The van der Waals surface area contributed by atoms with E-state index in [2.05, 4.69) is 76.2 Å². The van der Waals surface area contributed by atoms with Crippen LogP contribution in [0.4, 0.5) is 0 Å². The van der Waals surface area contributed by atoms with Gasteiger partial charge in [-0.15, -0.1) is 0 Å². The topological polar surface area (TPSA) is 57.1 Å². The second-order valence-electron chi connectivity index (χ2n) is 14.4. The second-order valence-corrected chi connectivity index (χ2v) is 14.4. The molecule has 0 radical (unpaired) electrons. The van der Waals surface area contributed by atoms with Gasteiger partial charge in [0.2, 0.25) is 0 Å². The van der Waals surface area contributed by atoms with E-state index in [0.717, 1.165) is 28.1 Å². The highest BCUT2D eigenvalue weighted by Crippen LogP contribution is 2.60. The van der Waals surface area contributed by atoms with Gasteiger partial charge in [0.25, 0.3) is 0 Å². The summed E-state index contributed by atoms with van der Waals surface area (Å²) >= 11 is 0. The summed E-state index contributed by atoms with van der Waals surface area (Å²) in [5, 5.41) is 0. The number of hydrogen-bond acceptors (Lipinski definition) is 5. The lowest BCUT2D eigenvalue weighted by Crippen LogP contribution is -2.41. The third kappa shape index (κ3) is 4.90. The Morgan fingerprint density at radius 2 is 1.02 bits per heavy atom. The molecule has 4 aromatic carbocycles. The molecule has 1 saturated heterocycles. The number of fused-ring (bicyclic) bond motifs is 2. The van der Waals surface area contributed by atoms with Crippen molar-refractivity contribution in [3.63, 3.8) is 0 Å². The fraction of sp³-hybridized carbons (Fsp3) is 0.325. The van der Waals surface area contributed by atoms with Crippen molar-refractivity contribution >= 4 is 12.6 Å². The summed E-state index contributed by atoms with van der Waals surface area (Å²) in [7, 11) is -0.351. The first-order valence-corrected chi connectivity index (χ1v) is 16.7. The van der Waals surface area contributed by atoms with Gasteiger partial charge in [-0.1, -0.05) is 116 Å². The molecular formula is C40H40BN3O2. The Morgan fingerprint density at radius 3 is 1.46 bits per heavy atom. The van der Waals surface area contributed by atoms with Crippen molar-refractivity contribution in [2.75, 3.05) is 0 Å². The molecule has 2 heterocycles. The average molecular weight is 606 g/mol. The molecule has 3 aliphatic rings. The van der Waals surface area contributed by atoms with E-state index in [9.17, 15) is 0 Å². The summed E-state index contributed by atoms with van der Waals surface area (Å²) in [6, 6.07) is 38.5. The Bertz CT molecular complexity index is 1790. The largest absolute Gasteiger partial charge is 0.494 e. The van der Waals surface area contributed by atoms with Gasteiger partial charge in [0, 0.05) is 22.1 Å². The minimum atomic E-state index is -0.355. The van der Waals surface area contributed by atoms with Gasteiger partial charge in [-0.2, -0.15) is 0 Å². The molecular weight excluding hydrogens is 565 g/mol. The Labute approximate surface area is 272 Å². The van der Waals surface area contributed by atoms with Crippen molar-refractivity contribution in [2.45, 2.75) is 70.0 Å². The lowest BCUT2D eigenvalue weighted by atomic mass is 9.63. The summed E-state index contributed by atoms with van der Waals surface area (Å²) in [4.78, 5) is 14.8. The highest BCUT2D eigenvalue weighted by atomic mass is 16.7. The van der Waals surface area contributed by atoms with E-state index in [4.69, 9.17) is 24.3 Å². The molecule has 3 unspecified atom stereocenters. The minimum Gasteiger partial charge on any atom is -0.399 e. The molecule has 1 aromatic heterocycles. The molecule has 3 fully saturated rings. The maximum absolute atomic E-state index is 6.36. The van der Waals surface area contributed by atoms with E-state index in [1.54, 1.807) is 0 Å². The zero-order chi connectivity index (χ0) is 31.5.